The molecule has 0 radical (unpaired) electrons. The van der Waals surface area contributed by atoms with Crippen LogP contribution in [0.4, 0.5) is 15.3 Å². The molecule has 2 amide bonds. The standard InChI is InChI=1S/C32H44N4O4/c1-31(2,3)39-29(37)36(30(38)40-32(4,5)6)20-10-9-19-35(22-25-21-24-13-7-8-16-26(24)34-25)27-17-11-14-23-15-12-18-33-28(23)27/h7-8,12-13,15-16,18,27H,9-11,14,17,19-22H2,1-6H3/t27-/m0/s1. The number of hydrogen-bond acceptors (Lipinski definition) is 7. The van der Waals surface area contributed by atoms with Gasteiger partial charge in [0.25, 0.3) is 0 Å². The summed E-state index contributed by atoms with van der Waals surface area (Å²) in [5.74, 6) is 0. The Morgan fingerprint density at radius 2 is 1.55 bits per heavy atom. The Morgan fingerprint density at radius 1 is 0.900 bits per heavy atom. The molecule has 0 spiro atoms. The number of para-hydroxylation sites is 1. The lowest BCUT2D eigenvalue weighted by molar-refractivity contribution is 0.00105. The van der Waals surface area contributed by atoms with E-state index in [9.17, 15) is 9.59 Å². The van der Waals surface area contributed by atoms with E-state index in [2.05, 4.69) is 29.2 Å². The smallest absolute Gasteiger partial charge is 0.419 e. The van der Waals surface area contributed by atoms with E-state index in [0.29, 0.717) is 6.42 Å². The summed E-state index contributed by atoms with van der Waals surface area (Å²) in [4.78, 5) is 39.1. The fourth-order valence-corrected chi connectivity index (χ4v) is 5.29. The minimum Gasteiger partial charge on any atom is -0.443 e. The lowest BCUT2D eigenvalue weighted by atomic mass is 9.90. The highest BCUT2D eigenvalue weighted by atomic mass is 16.6. The molecule has 0 unspecified atom stereocenters. The maximum atomic E-state index is 12.9. The summed E-state index contributed by atoms with van der Waals surface area (Å²) in [7, 11) is 0. The van der Waals surface area contributed by atoms with E-state index in [1.54, 1.807) is 41.5 Å². The third-order valence-electron chi connectivity index (χ3n) is 6.96. The molecule has 1 atom stereocenters. The highest BCUT2D eigenvalue weighted by molar-refractivity contribution is 5.95. The lowest BCUT2D eigenvalue weighted by Crippen LogP contribution is -2.44. The number of aromatic nitrogens is 1. The van der Waals surface area contributed by atoms with Gasteiger partial charge >= 0.3 is 12.2 Å². The van der Waals surface area contributed by atoms with Gasteiger partial charge in [0.05, 0.1) is 17.4 Å². The molecule has 4 rings (SSSR count). The van der Waals surface area contributed by atoms with Crippen LogP contribution in [0.5, 0.6) is 0 Å². The van der Waals surface area contributed by atoms with E-state index in [-0.39, 0.29) is 12.6 Å². The van der Waals surface area contributed by atoms with Gasteiger partial charge in [-0.1, -0.05) is 24.3 Å². The van der Waals surface area contributed by atoms with Gasteiger partial charge in [0.1, 0.15) is 11.2 Å². The summed E-state index contributed by atoms with van der Waals surface area (Å²) in [6, 6.07) is 12.7. The Kier molecular flexibility index (Phi) is 9.29. The molecule has 1 aliphatic heterocycles. The summed E-state index contributed by atoms with van der Waals surface area (Å²) in [6.45, 7) is 12.5. The Morgan fingerprint density at radius 3 is 2.23 bits per heavy atom. The number of pyridine rings is 1. The molecule has 8 heteroatoms. The Labute approximate surface area is 238 Å². The summed E-state index contributed by atoms with van der Waals surface area (Å²) in [5.41, 5.74) is 4.54. The third kappa shape index (κ3) is 8.13. The molecule has 0 saturated carbocycles. The van der Waals surface area contributed by atoms with Crippen LogP contribution in [0.1, 0.15) is 90.1 Å². The van der Waals surface area contributed by atoms with Crippen LogP contribution in [-0.4, -0.2) is 63.5 Å². The molecule has 0 N–H and O–H groups in total. The Balaban J connectivity index is 1.45. The molecule has 0 bridgehead atoms. The first-order valence-electron chi connectivity index (χ1n) is 14.5. The van der Waals surface area contributed by atoms with Crippen LogP contribution < -0.4 is 0 Å². The topological polar surface area (TPSA) is 84.3 Å². The van der Waals surface area contributed by atoms with E-state index in [1.807, 2.05) is 18.3 Å². The average Bonchev–Trinajstić information content (AvgIpc) is 3.28. The van der Waals surface area contributed by atoms with E-state index in [0.717, 1.165) is 67.2 Å². The molecular weight excluding hydrogens is 504 g/mol. The molecule has 1 aromatic heterocycles. The predicted molar refractivity (Wildman–Crippen MR) is 157 cm³/mol. The van der Waals surface area contributed by atoms with E-state index in [1.165, 1.54) is 11.1 Å². The minimum atomic E-state index is -0.713. The average molecular weight is 549 g/mol. The predicted octanol–water partition coefficient (Wildman–Crippen LogP) is 7.04. The SMILES string of the molecule is CC(C)(C)OC(=O)N(CCCCN(CC1=Nc2ccccc2C1)[C@H]1CCCc2cccnc21)C(=O)OC(C)(C)C. The maximum absolute atomic E-state index is 12.9. The second-order valence-corrected chi connectivity index (χ2v) is 12.7. The summed E-state index contributed by atoms with van der Waals surface area (Å²) in [6.07, 6.45) is 6.04. The number of carbonyl (C=O) groups is 2. The number of hydrogen-bond donors (Lipinski definition) is 0. The number of ether oxygens (including phenoxy) is 2. The monoisotopic (exact) mass is 548 g/mol. The molecule has 1 aliphatic carbocycles. The lowest BCUT2D eigenvalue weighted by Gasteiger charge is -2.35. The molecule has 8 nitrogen and oxygen atoms in total. The number of imide groups is 1. The minimum absolute atomic E-state index is 0.212. The van der Waals surface area contributed by atoms with E-state index < -0.39 is 23.4 Å². The fourth-order valence-electron chi connectivity index (χ4n) is 5.29. The third-order valence-corrected chi connectivity index (χ3v) is 6.96. The van der Waals surface area contributed by atoms with Crippen LogP contribution >= 0.6 is 0 Å². The van der Waals surface area contributed by atoms with Crippen molar-refractivity contribution in [1.29, 1.82) is 0 Å². The van der Waals surface area contributed by atoms with Crippen molar-refractivity contribution in [2.75, 3.05) is 19.6 Å². The molecule has 40 heavy (non-hydrogen) atoms. The van der Waals surface area contributed by atoms with E-state index >= 15 is 0 Å². The number of carbonyl (C=O) groups excluding carboxylic acids is 2. The van der Waals surface area contributed by atoms with Crippen molar-refractivity contribution in [3.63, 3.8) is 0 Å². The van der Waals surface area contributed by atoms with Gasteiger partial charge in [-0.05, 0) is 103 Å². The number of nitrogens with zero attached hydrogens (tertiary/aromatic N) is 4. The number of fused-ring (bicyclic) bond motifs is 2. The molecule has 2 aliphatic rings. The molecule has 2 aromatic rings. The fraction of sp³-hybridized carbons (Fsp3) is 0.562. The van der Waals surface area contributed by atoms with Gasteiger partial charge in [-0.3, -0.25) is 14.9 Å². The Hall–Kier alpha value is -3.26. The zero-order valence-electron chi connectivity index (χ0n) is 24.9. The quantitative estimate of drug-likeness (QED) is 0.329. The number of benzene rings is 1. The number of rotatable bonds is 8. The van der Waals surface area contributed by atoms with Crippen molar-refractivity contribution in [2.24, 2.45) is 4.99 Å². The molecular formula is C32H44N4O4. The highest BCUT2D eigenvalue weighted by Gasteiger charge is 2.32. The first-order valence-corrected chi connectivity index (χ1v) is 14.5. The zero-order valence-corrected chi connectivity index (χ0v) is 24.9. The van der Waals surface area contributed by atoms with Crippen LogP contribution in [0.3, 0.4) is 0 Å². The molecule has 0 fully saturated rings. The van der Waals surface area contributed by atoms with Gasteiger partial charge in [0.2, 0.25) is 0 Å². The number of aliphatic imine (C=N–C) groups is 1. The molecule has 1 aromatic carbocycles. The summed E-state index contributed by atoms with van der Waals surface area (Å²) >= 11 is 0. The summed E-state index contributed by atoms with van der Waals surface area (Å²) < 4.78 is 11.0. The van der Waals surface area contributed by atoms with Crippen molar-refractivity contribution >= 4 is 23.6 Å². The second-order valence-electron chi connectivity index (χ2n) is 12.7. The van der Waals surface area contributed by atoms with E-state index in [4.69, 9.17) is 19.5 Å². The van der Waals surface area contributed by atoms with Crippen molar-refractivity contribution in [3.05, 3.63) is 59.4 Å². The number of amides is 2. The van der Waals surface area contributed by atoms with Gasteiger partial charge < -0.3 is 9.47 Å². The van der Waals surface area contributed by atoms with Crippen molar-refractivity contribution in [2.45, 2.75) is 97.3 Å². The van der Waals surface area contributed by atoms with Crippen LogP contribution in [0.25, 0.3) is 0 Å². The van der Waals surface area contributed by atoms with Crippen LogP contribution in [-0.2, 0) is 22.3 Å². The zero-order chi connectivity index (χ0) is 28.9. The van der Waals surface area contributed by atoms with Crippen LogP contribution in [0.15, 0.2) is 47.6 Å². The van der Waals surface area contributed by atoms with Crippen molar-refractivity contribution in [3.8, 4) is 0 Å². The van der Waals surface area contributed by atoms with Crippen molar-refractivity contribution in [1.82, 2.24) is 14.8 Å². The second kappa shape index (κ2) is 12.5. The van der Waals surface area contributed by atoms with Gasteiger partial charge in [-0.15, -0.1) is 0 Å². The normalized spacial score (nSPS) is 16.7. The molecule has 0 saturated heterocycles. The first kappa shape index (κ1) is 29.7. The van der Waals surface area contributed by atoms with Crippen LogP contribution in [0.2, 0.25) is 0 Å². The van der Waals surface area contributed by atoms with Gasteiger partial charge in [-0.25, -0.2) is 14.5 Å². The summed E-state index contributed by atoms with van der Waals surface area (Å²) in [5, 5.41) is 0. The van der Waals surface area contributed by atoms with Gasteiger partial charge in [-0.2, -0.15) is 0 Å². The van der Waals surface area contributed by atoms with Gasteiger partial charge in [0, 0.05) is 31.4 Å². The van der Waals surface area contributed by atoms with Gasteiger partial charge in [0.15, 0.2) is 0 Å². The molecule has 2 heterocycles. The maximum Gasteiger partial charge on any atom is 0.419 e. The van der Waals surface area contributed by atoms with Crippen molar-refractivity contribution < 1.29 is 19.1 Å². The van der Waals surface area contributed by atoms with Crippen LogP contribution in [0, 0.1) is 0 Å². The Bertz CT molecular complexity index is 1200. The number of unbranched alkanes of at least 4 members (excludes halogenated alkanes) is 1. The highest BCUT2D eigenvalue weighted by Crippen LogP contribution is 2.34. The first-order chi connectivity index (χ1) is 18.9. The number of aryl methyl sites for hydroxylation is 1. The largest absolute Gasteiger partial charge is 0.443 e. The molecule has 216 valence electrons.